The van der Waals surface area contributed by atoms with Crippen molar-refractivity contribution in [3.05, 3.63) is 106 Å². The number of amides is 2. The molecule has 1 saturated heterocycles. The van der Waals surface area contributed by atoms with Crippen molar-refractivity contribution in [3.8, 4) is 11.5 Å². The number of halogens is 1. The minimum absolute atomic E-state index is 0.156. The summed E-state index contributed by atoms with van der Waals surface area (Å²) < 4.78 is 10.7. The summed E-state index contributed by atoms with van der Waals surface area (Å²) in [5.41, 5.74) is 5.64. The molecule has 2 amide bonds. The summed E-state index contributed by atoms with van der Waals surface area (Å²) in [7, 11) is 3.29. The molecule has 1 aliphatic heterocycles. The second-order valence-corrected chi connectivity index (χ2v) is 10.1. The molecule has 0 radical (unpaired) electrons. The van der Waals surface area contributed by atoms with Gasteiger partial charge in [-0.15, -0.1) is 0 Å². The molecular weight excluding hydrogens is 486 g/mol. The van der Waals surface area contributed by atoms with E-state index in [1.54, 1.807) is 26.4 Å². The summed E-state index contributed by atoms with van der Waals surface area (Å²) >= 11 is 6.33. The third-order valence-electron chi connectivity index (χ3n) is 7.88. The van der Waals surface area contributed by atoms with Gasteiger partial charge >= 0.3 is 0 Å². The maximum atomic E-state index is 13.8. The topological polar surface area (TPSA) is 55.8 Å². The van der Waals surface area contributed by atoms with Crippen molar-refractivity contribution < 1.29 is 19.1 Å². The summed E-state index contributed by atoms with van der Waals surface area (Å²) in [5, 5.41) is 0.540. The van der Waals surface area contributed by atoms with E-state index in [9.17, 15) is 9.59 Å². The van der Waals surface area contributed by atoms with Gasteiger partial charge < -0.3 is 9.47 Å². The lowest BCUT2D eigenvalue weighted by atomic mass is 9.85. The van der Waals surface area contributed by atoms with E-state index in [-0.39, 0.29) is 23.7 Å². The van der Waals surface area contributed by atoms with Crippen LogP contribution >= 0.6 is 11.6 Å². The quantitative estimate of drug-likeness (QED) is 0.307. The number of anilines is 1. The normalized spacial score (nSPS) is 23.6. The summed E-state index contributed by atoms with van der Waals surface area (Å²) in [4.78, 5) is 28.9. The van der Waals surface area contributed by atoms with Crippen LogP contribution in [-0.4, -0.2) is 26.0 Å². The van der Waals surface area contributed by atoms with Crippen LogP contribution in [0.3, 0.4) is 0 Å². The first-order valence-electron chi connectivity index (χ1n) is 12.3. The number of benzene rings is 3. The van der Waals surface area contributed by atoms with E-state index in [1.165, 1.54) is 4.90 Å². The number of allylic oxidation sites excluding steroid dienone is 3. The lowest BCUT2D eigenvalue weighted by Crippen LogP contribution is -2.33. The Bertz CT molecular complexity index is 1390. The number of methoxy groups -OCH3 is 2. The van der Waals surface area contributed by atoms with Gasteiger partial charge in [-0.3, -0.25) is 9.59 Å². The van der Waals surface area contributed by atoms with Crippen molar-refractivity contribution in [2.75, 3.05) is 19.1 Å². The molecule has 5 nitrogen and oxygen atoms in total. The molecule has 6 heteroatoms. The minimum atomic E-state index is -0.427. The number of carbonyl (C=O) groups excluding carboxylic acids is 2. The molecule has 1 saturated carbocycles. The standard InChI is InChI=1S/C31H26ClNO4/c1-17-4-9-20(16-25(17)32)33-30(34)28-23-14-15-24(29(28)31(33)35)27(23)26(18-5-10-21(36-2)11-6-18)19-7-12-22(37-3)13-8-19/h4-16,23-24,28-29H,1-3H3/t23-,24-,28-,29+/m1/s1. The smallest absolute Gasteiger partial charge is 0.238 e. The highest BCUT2D eigenvalue weighted by Crippen LogP contribution is 2.59. The summed E-state index contributed by atoms with van der Waals surface area (Å²) in [6.07, 6.45) is 4.20. The number of fused-ring (bicyclic) bond motifs is 5. The zero-order valence-electron chi connectivity index (χ0n) is 20.8. The molecule has 3 aliphatic rings. The first kappa shape index (κ1) is 23.6. The van der Waals surface area contributed by atoms with Crippen LogP contribution in [-0.2, 0) is 9.59 Å². The highest BCUT2D eigenvalue weighted by molar-refractivity contribution is 6.32. The van der Waals surface area contributed by atoms with Crippen LogP contribution in [0.15, 0.2) is 84.5 Å². The van der Waals surface area contributed by atoms with E-state index >= 15 is 0 Å². The number of rotatable bonds is 5. The van der Waals surface area contributed by atoms with Gasteiger partial charge in [0, 0.05) is 16.9 Å². The number of nitrogens with zero attached hydrogens (tertiary/aromatic N) is 1. The molecule has 6 rings (SSSR count). The summed E-state index contributed by atoms with van der Waals surface area (Å²) in [6.45, 7) is 1.90. The molecule has 3 aromatic carbocycles. The maximum Gasteiger partial charge on any atom is 0.238 e. The van der Waals surface area contributed by atoms with E-state index in [2.05, 4.69) is 12.2 Å². The van der Waals surface area contributed by atoms with Crippen LogP contribution in [0.1, 0.15) is 16.7 Å². The van der Waals surface area contributed by atoms with E-state index in [4.69, 9.17) is 21.1 Å². The fraction of sp³-hybridized carbons (Fsp3) is 0.226. The van der Waals surface area contributed by atoms with Crippen LogP contribution in [0.5, 0.6) is 11.5 Å². The van der Waals surface area contributed by atoms with Gasteiger partial charge in [-0.2, -0.15) is 0 Å². The van der Waals surface area contributed by atoms with Crippen LogP contribution in [0.2, 0.25) is 5.02 Å². The second-order valence-electron chi connectivity index (χ2n) is 9.72. The maximum absolute atomic E-state index is 13.8. The Kier molecular flexibility index (Phi) is 5.68. The van der Waals surface area contributed by atoms with Gasteiger partial charge in [0.25, 0.3) is 0 Å². The van der Waals surface area contributed by atoms with Crippen molar-refractivity contribution >= 4 is 34.7 Å². The Balaban J connectivity index is 1.47. The second kappa shape index (κ2) is 8.93. The molecule has 0 unspecified atom stereocenters. The molecule has 2 fully saturated rings. The zero-order valence-corrected chi connectivity index (χ0v) is 21.5. The van der Waals surface area contributed by atoms with E-state index < -0.39 is 11.8 Å². The predicted molar refractivity (Wildman–Crippen MR) is 144 cm³/mol. The number of imide groups is 1. The van der Waals surface area contributed by atoms with Crippen LogP contribution in [0.25, 0.3) is 5.57 Å². The van der Waals surface area contributed by atoms with Crippen LogP contribution in [0.4, 0.5) is 5.69 Å². The number of hydrogen-bond acceptors (Lipinski definition) is 4. The minimum Gasteiger partial charge on any atom is -0.497 e. The van der Waals surface area contributed by atoms with Gasteiger partial charge in [-0.05, 0) is 71.2 Å². The van der Waals surface area contributed by atoms with Gasteiger partial charge in [0.1, 0.15) is 11.5 Å². The van der Waals surface area contributed by atoms with Gasteiger partial charge in [-0.1, -0.05) is 54.1 Å². The molecular formula is C31H26ClNO4. The Morgan fingerprint density at radius 3 is 1.68 bits per heavy atom. The van der Waals surface area contributed by atoms with E-state index in [0.717, 1.165) is 39.3 Å². The molecule has 1 heterocycles. The predicted octanol–water partition coefficient (Wildman–Crippen LogP) is 6.09. The number of ether oxygens (including phenoxy) is 2. The molecule has 0 N–H and O–H groups in total. The van der Waals surface area contributed by atoms with Gasteiger partial charge in [0.05, 0.1) is 31.7 Å². The van der Waals surface area contributed by atoms with Crippen molar-refractivity contribution in [1.82, 2.24) is 0 Å². The third-order valence-corrected chi connectivity index (χ3v) is 8.28. The summed E-state index contributed by atoms with van der Waals surface area (Å²) in [6, 6.07) is 21.2. The fourth-order valence-corrected chi connectivity index (χ4v) is 6.26. The SMILES string of the molecule is COc1ccc(C(=C2[C@H]3C=C[C@H]2[C@H]2C(=O)N(c4ccc(C)c(Cl)c4)C(=O)[C@H]23)c2ccc(OC)cc2)cc1. The highest BCUT2D eigenvalue weighted by Gasteiger charge is 2.62. The van der Waals surface area contributed by atoms with Gasteiger partial charge in [-0.25, -0.2) is 4.90 Å². The Morgan fingerprint density at radius 1 is 0.757 bits per heavy atom. The molecule has 186 valence electrons. The molecule has 0 spiro atoms. The Morgan fingerprint density at radius 2 is 1.24 bits per heavy atom. The molecule has 0 aromatic heterocycles. The first-order chi connectivity index (χ1) is 17.9. The third kappa shape index (κ3) is 3.60. The lowest BCUT2D eigenvalue weighted by molar-refractivity contribution is -0.122. The molecule has 2 bridgehead atoms. The number of hydrogen-bond donors (Lipinski definition) is 0. The van der Waals surface area contributed by atoms with Gasteiger partial charge in [0.15, 0.2) is 0 Å². The first-order valence-corrected chi connectivity index (χ1v) is 12.7. The van der Waals surface area contributed by atoms with E-state index in [1.807, 2.05) is 61.5 Å². The average molecular weight is 512 g/mol. The zero-order chi connectivity index (χ0) is 25.8. The molecule has 4 atom stereocenters. The van der Waals surface area contributed by atoms with Crippen molar-refractivity contribution in [2.45, 2.75) is 6.92 Å². The monoisotopic (exact) mass is 511 g/mol. The van der Waals surface area contributed by atoms with Gasteiger partial charge in [0.2, 0.25) is 11.8 Å². The Labute approximate surface area is 221 Å². The molecule has 2 aliphatic carbocycles. The van der Waals surface area contributed by atoms with E-state index in [0.29, 0.717) is 10.7 Å². The molecule has 3 aromatic rings. The van der Waals surface area contributed by atoms with Crippen molar-refractivity contribution in [2.24, 2.45) is 23.7 Å². The van der Waals surface area contributed by atoms with Crippen molar-refractivity contribution in [1.29, 1.82) is 0 Å². The molecule has 37 heavy (non-hydrogen) atoms. The van der Waals surface area contributed by atoms with Crippen LogP contribution < -0.4 is 14.4 Å². The lowest BCUT2D eigenvalue weighted by Gasteiger charge is -2.22. The average Bonchev–Trinajstić information content (AvgIpc) is 3.55. The highest BCUT2D eigenvalue weighted by atomic mass is 35.5. The summed E-state index contributed by atoms with van der Waals surface area (Å²) in [5.74, 6) is 0.0532. The fourth-order valence-electron chi connectivity index (χ4n) is 6.09. The Hall–Kier alpha value is -3.83. The van der Waals surface area contributed by atoms with Crippen LogP contribution in [0, 0.1) is 30.6 Å². The number of carbonyl (C=O) groups is 2. The van der Waals surface area contributed by atoms with Crippen molar-refractivity contribution in [3.63, 3.8) is 0 Å². The number of aryl methyl sites for hydroxylation is 1. The largest absolute Gasteiger partial charge is 0.497 e.